The molecule has 2 rings (SSSR count). The Morgan fingerprint density at radius 2 is 2.25 bits per heavy atom. The van der Waals surface area contributed by atoms with Crippen molar-refractivity contribution in [1.29, 1.82) is 0 Å². The molecular weight excluding hydrogens is 206 g/mol. The van der Waals surface area contributed by atoms with Crippen LogP contribution in [0.4, 0.5) is 0 Å². The molecule has 4 nitrogen and oxygen atoms in total. The molecule has 1 amide bonds. The van der Waals surface area contributed by atoms with Crippen molar-refractivity contribution in [2.45, 2.75) is 26.0 Å². The zero-order valence-corrected chi connectivity index (χ0v) is 9.20. The molecule has 0 aliphatic carbocycles. The Hall–Kier alpha value is -1.39. The molecule has 0 radical (unpaired) electrons. The molecule has 1 fully saturated rings. The lowest BCUT2D eigenvalue weighted by atomic mass is 10.2. The summed E-state index contributed by atoms with van der Waals surface area (Å²) in [5.41, 5.74) is 1.10. The molecule has 86 valence electrons. The van der Waals surface area contributed by atoms with Crippen LogP contribution in [0, 0.1) is 0 Å². The molecule has 1 heterocycles. The van der Waals surface area contributed by atoms with Gasteiger partial charge < -0.3 is 14.4 Å². The second-order valence-electron chi connectivity index (χ2n) is 3.76. The van der Waals surface area contributed by atoms with Gasteiger partial charge in [0.05, 0.1) is 13.2 Å². The molecule has 0 aromatic heterocycles. The minimum Gasteiger partial charge on any atom is -0.346 e. The van der Waals surface area contributed by atoms with Crippen LogP contribution in [0.15, 0.2) is 30.3 Å². The van der Waals surface area contributed by atoms with Gasteiger partial charge in [-0.15, -0.1) is 0 Å². The molecule has 0 spiro atoms. The monoisotopic (exact) mass is 221 g/mol. The molecule has 16 heavy (non-hydrogen) atoms. The zero-order chi connectivity index (χ0) is 11.4. The Morgan fingerprint density at radius 3 is 2.88 bits per heavy atom. The van der Waals surface area contributed by atoms with Crippen molar-refractivity contribution in [3.05, 3.63) is 35.9 Å². The first-order valence-electron chi connectivity index (χ1n) is 5.31. The van der Waals surface area contributed by atoms with E-state index in [1.54, 1.807) is 4.90 Å². The third-order valence-electron chi connectivity index (χ3n) is 2.59. The van der Waals surface area contributed by atoms with Gasteiger partial charge in [0.2, 0.25) is 6.41 Å². The predicted octanol–water partition coefficient (Wildman–Crippen LogP) is 1.36. The standard InChI is InChI=1S/C12H15NO3/c1-10-13(9-14)7-12(16-10)15-8-11-5-3-2-4-6-11/h2-6,9-10,12H,7-8H2,1H3/t10-,12-/m1/s1. The molecule has 0 unspecified atom stereocenters. The maximum atomic E-state index is 10.6. The molecule has 1 aliphatic rings. The molecule has 4 heteroatoms. The van der Waals surface area contributed by atoms with E-state index in [0.29, 0.717) is 13.2 Å². The molecule has 0 saturated carbocycles. The highest BCUT2D eigenvalue weighted by Crippen LogP contribution is 2.16. The highest BCUT2D eigenvalue weighted by atomic mass is 16.7. The number of benzene rings is 1. The normalized spacial score (nSPS) is 24.7. The van der Waals surface area contributed by atoms with Crippen LogP contribution in [0.3, 0.4) is 0 Å². The van der Waals surface area contributed by atoms with E-state index in [2.05, 4.69) is 0 Å². The second kappa shape index (κ2) is 5.09. The van der Waals surface area contributed by atoms with E-state index in [-0.39, 0.29) is 12.5 Å². The third kappa shape index (κ3) is 2.59. The Balaban J connectivity index is 1.82. The number of amides is 1. The molecule has 1 aromatic rings. The Kier molecular flexibility index (Phi) is 3.54. The maximum absolute atomic E-state index is 10.6. The van der Waals surface area contributed by atoms with E-state index in [0.717, 1.165) is 12.0 Å². The van der Waals surface area contributed by atoms with E-state index < -0.39 is 0 Å². The Morgan fingerprint density at radius 1 is 1.50 bits per heavy atom. The van der Waals surface area contributed by atoms with Gasteiger partial charge in [-0.25, -0.2) is 0 Å². The largest absolute Gasteiger partial charge is 0.346 e. The van der Waals surface area contributed by atoms with Crippen molar-refractivity contribution in [3.63, 3.8) is 0 Å². The Bertz CT molecular complexity index is 341. The fourth-order valence-corrected chi connectivity index (χ4v) is 1.65. The summed E-state index contributed by atoms with van der Waals surface area (Å²) in [5, 5.41) is 0. The lowest BCUT2D eigenvalue weighted by Crippen LogP contribution is -2.26. The first-order chi connectivity index (χ1) is 7.79. The van der Waals surface area contributed by atoms with E-state index >= 15 is 0 Å². The van der Waals surface area contributed by atoms with E-state index in [4.69, 9.17) is 9.47 Å². The molecule has 1 saturated heterocycles. The van der Waals surface area contributed by atoms with Gasteiger partial charge in [0.15, 0.2) is 6.29 Å². The topological polar surface area (TPSA) is 38.8 Å². The predicted molar refractivity (Wildman–Crippen MR) is 58.3 cm³/mol. The second-order valence-corrected chi connectivity index (χ2v) is 3.76. The fraction of sp³-hybridized carbons (Fsp3) is 0.417. The molecule has 0 bridgehead atoms. The minimum atomic E-state index is -0.319. The number of hydrogen-bond acceptors (Lipinski definition) is 3. The number of ether oxygens (including phenoxy) is 2. The lowest BCUT2D eigenvalue weighted by Gasteiger charge is -2.10. The SMILES string of the molecule is C[C@H]1O[C@@H](OCc2ccccc2)CN1C=O. The van der Waals surface area contributed by atoms with Crippen LogP contribution in [-0.2, 0) is 20.9 Å². The molecule has 2 atom stereocenters. The van der Waals surface area contributed by atoms with Gasteiger partial charge in [-0.1, -0.05) is 30.3 Å². The van der Waals surface area contributed by atoms with Crippen LogP contribution in [-0.4, -0.2) is 30.4 Å². The summed E-state index contributed by atoms with van der Waals surface area (Å²) >= 11 is 0. The van der Waals surface area contributed by atoms with Gasteiger partial charge in [0.25, 0.3) is 0 Å². The maximum Gasteiger partial charge on any atom is 0.211 e. The van der Waals surface area contributed by atoms with Crippen LogP contribution >= 0.6 is 0 Å². The highest BCUT2D eigenvalue weighted by molar-refractivity contribution is 5.47. The van der Waals surface area contributed by atoms with Gasteiger partial charge in [-0.3, -0.25) is 4.79 Å². The van der Waals surface area contributed by atoms with Crippen molar-refractivity contribution >= 4 is 6.41 Å². The van der Waals surface area contributed by atoms with Gasteiger partial charge >= 0.3 is 0 Å². The number of carbonyl (C=O) groups excluding carboxylic acids is 1. The van der Waals surface area contributed by atoms with E-state index in [1.807, 2.05) is 37.3 Å². The summed E-state index contributed by atoms with van der Waals surface area (Å²) in [6.07, 6.45) is 0.273. The zero-order valence-electron chi connectivity index (χ0n) is 9.20. The molecular formula is C12H15NO3. The van der Waals surface area contributed by atoms with Crippen LogP contribution in [0.25, 0.3) is 0 Å². The van der Waals surface area contributed by atoms with Crippen molar-refractivity contribution in [2.24, 2.45) is 0 Å². The van der Waals surface area contributed by atoms with Crippen LogP contribution in [0.2, 0.25) is 0 Å². The molecule has 1 aliphatic heterocycles. The fourth-order valence-electron chi connectivity index (χ4n) is 1.65. The smallest absolute Gasteiger partial charge is 0.211 e. The third-order valence-corrected chi connectivity index (χ3v) is 2.59. The van der Waals surface area contributed by atoms with Gasteiger partial charge in [0, 0.05) is 0 Å². The first kappa shape index (κ1) is 11.1. The van der Waals surface area contributed by atoms with Crippen LogP contribution in [0.5, 0.6) is 0 Å². The first-order valence-corrected chi connectivity index (χ1v) is 5.31. The van der Waals surface area contributed by atoms with Crippen LogP contribution in [0.1, 0.15) is 12.5 Å². The summed E-state index contributed by atoms with van der Waals surface area (Å²) in [5.74, 6) is 0. The van der Waals surface area contributed by atoms with Crippen LogP contribution < -0.4 is 0 Å². The lowest BCUT2D eigenvalue weighted by molar-refractivity contribution is -0.138. The quantitative estimate of drug-likeness (QED) is 0.721. The summed E-state index contributed by atoms with van der Waals surface area (Å²) in [4.78, 5) is 12.2. The van der Waals surface area contributed by atoms with Crippen molar-refractivity contribution in [3.8, 4) is 0 Å². The summed E-state index contributed by atoms with van der Waals surface area (Å²) in [7, 11) is 0. The Labute approximate surface area is 94.8 Å². The van der Waals surface area contributed by atoms with Crippen molar-refractivity contribution in [2.75, 3.05) is 6.54 Å². The van der Waals surface area contributed by atoms with Crippen molar-refractivity contribution in [1.82, 2.24) is 4.90 Å². The molecule has 0 N–H and O–H groups in total. The van der Waals surface area contributed by atoms with Gasteiger partial charge in [-0.2, -0.15) is 0 Å². The average molecular weight is 221 g/mol. The van der Waals surface area contributed by atoms with Crippen molar-refractivity contribution < 1.29 is 14.3 Å². The number of rotatable bonds is 4. The van der Waals surface area contributed by atoms with Gasteiger partial charge in [-0.05, 0) is 12.5 Å². The minimum absolute atomic E-state index is 0.196. The summed E-state index contributed by atoms with van der Waals surface area (Å²) in [6, 6.07) is 9.89. The van der Waals surface area contributed by atoms with Gasteiger partial charge in [0.1, 0.15) is 6.23 Å². The average Bonchev–Trinajstić information content (AvgIpc) is 2.69. The summed E-state index contributed by atoms with van der Waals surface area (Å²) < 4.78 is 11.0. The highest BCUT2D eigenvalue weighted by Gasteiger charge is 2.28. The summed E-state index contributed by atoms with van der Waals surface area (Å²) in [6.45, 7) is 2.84. The van der Waals surface area contributed by atoms with E-state index in [1.165, 1.54) is 0 Å². The number of carbonyl (C=O) groups is 1. The number of hydrogen-bond donors (Lipinski definition) is 0. The number of nitrogens with zero attached hydrogens (tertiary/aromatic N) is 1. The molecule has 1 aromatic carbocycles. The van der Waals surface area contributed by atoms with E-state index in [9.17, 15) is 4.79 Å².